The molecule has 0 radical (unpaired) electrons. The van der Waals surface area contributed by atoms with E-state index in [9.17, 15) is 14.4 Å². The molecule has 0 aromatic heterocycles. The summed E-state index contributed by atoms with van der Waals surface area (Å²) in [5.74, 6) is -1.70. The Morgan fingerprint density at radius 1 is 1.21 bits per heavy atom. The molecule has 7 heteroatoms. The van der Waals surface area contributed by atoms with Crippen molar-refractivity contribution in [2.24, 2.45) is 5.41 Å². The number of carbonyl (C=O) groups excluding carboxylic acids is 2. The van der Waals surface area contributed by atoms with Crippen molar-refractivity contribution in [2.45, 2.75) is 46.2 Å². The van der Waals surface area contributed by atoms with Crippen LogP contribution in [0.1, 0.15) is 45.7 Å². The third-order valence-corrected chi connectivity index (χ3v) is 3.86. The first kappa shape index (κ1) is 20.2. The number of carboxylic acids is 1. The zero-order chi connectivity index (χ0) is 18.5. The van der Waals surface area contributed by atoms with E-state index < -0.39 is 29.4 Å². The number of hydrogen-bond acceptors (Lipinski definition) is 3. The zero-order valence-corrected chi connectivity index (χ0v) is 15.8. The molecule has 24 heavy (non-hydrogen) atoms. The lowest BCUT2D eigenvalue weighted by Crippen LogP contribution is -2.49. The second kappa shape index (κ2) is 8.28. The average molecular weight is 399 g/mol. The molecule has 1 rings (SSSR count). The molecule has 2 atom stereocenters. The lowest BCUT2D eigenvalue weighted by atomic mass is 9.95. The number of hydrogen-bond donors (Lipinski definition) is 3. The van der Waals surface area contributed by atoms with Crippen LogP contribution in [0, 0.1) is 5.41 Å². The van der Waals surface area contributed by atoms with E-state index in [0.29, 0.717) is 5.56 Å². The van der Waals surface area contributed by atoms with E-state index in [-0.39, 0.29) is 12.3 Å². The molecule has 3 N–H and O–H groups in total. The Hall–Kier alpha value is -1.89. The van der Waals surface area contributed by atoms with Crippen LogP contribution in [0.2, 0.25) is 0 Å². The molecule has 0 aliphatic rings. The van der Waals surface area contributed by atoms with Gasteiger partial charge in [-0.15, -0.1) is 0 Å². The first-order valence-electron chi connectivity index (χ1n) is 7.59. The van der Waals surface area contributed by atoms with E-state index in [1.807, 2.05) is 6.07 Å². The fourth-order valence-corrected chi connectivity index (χ4v) is 2.34. The predicted molar refractivity (Wildman–Crippen MR) is 94.3 cm³/mol. The van der Waals surface area contributed by atoms with Crippen molar-refractivity contribution < 1.29 is 19.5 Å². The maximum absolute atomic E-state index is 12.3. The molecule has 0 aliphatic heterocycles. The van der Waals surface area contributed by atoms with Crippen LogP contribution >= 0.6 is 15.9 Å². The summed E-state index contributed by atoms with van der Waals surface area (Å²) in [6.45, 7) is 6.82. The Labute approximate surface area is 150 Å². The van der Waals surface area contributed by atoms with Crippen LogP contribution < -0.4 is 10.6 Å². The van der Waals surface area contributed by atoms with Crippen molar-refractivity contribution in [3.63, 3.8) is 0 Å². The average Bonchev–Trinajstić information content (AvgIpc) is 2.44. The van der Waals surface area contributed by atoms with Gasteiger partial charge in [0, 0.05) is 9.89 Å². The molecule has 0 bridgehead atoms. The summed E-state index contributed by atoms with van der Waals surface area (Å²) in [6.07, 6.45) is -0.248. The summed E-state index contributed by atoms with van der Waals surface area (Å²) in [6, 6.07) is 5.64. The van der Waals surface area contributed by atoms with E-state index >= 15 is 0 Å². The molecule has 1 aromatic rings. The third-order valence-electron chi connectivity index (χ3n) is 3.37. The van der Waals surface area contributed by atoms with E-state index in [2.05, 4.69) is 26.6 Å². The molecule has 0 heterocycles. The Kier molecular flexibility index (Phi) is 6.95. The van der Waals surface area contributed by atoms with Crippen molar-refractivity contribution in [2.75, 3.05) is 0 Å². The summed E-state index contributed by atoms with van der Waals surface area (Å²) < 4.78 is 0.790. The Balaban J connectivity index is 2.84. The summed E-state index contributed by atoms with van der Waals surface area (Å²) in [4.78, 5) is 35.4. The molecule has 6 nitrogen and oxygen atoms in total. The molecule has 132 valence electrons. The predicted octanol–water partition coefficient (Wildman–Crippen LogP) is 2.63. The molecule has 2 unspecified atom stereocenters. The van der Waals surface area contributed by atoms with Crippen molar-refractivity contribution in [1.82, 2.24) is 10.6 Å². The molecular formula is C17H23BrN2O4. The minimum Gasteiger partial charge on any atom is -0.481 e. The van der Waals surface area contributed by atoms with Crippen LogP contribution in [0.25, 0.3) is 0 Å². The third kappa shape index (κ3) is 6.31. The van der Waals surface area contributed by atoms with Gasteiger partial charge in [-0.3, -0.25) is 14.4 Å². The highest BCUT2D eigenvalue weighted by Gasteiger charge is 2.27. The van der Waals surface area contributed by atoms with E-state index in [1.165, 1.54) is 0 Å². The van der Waals surface area contributed by atoms with Crippen LogP contribution in [0.4, 0.5) is 0 Å². The minimum absolute atomic E-state index is 0.248. The van der Waals surface area contributed by atoms with Crippen LogP contribution in [0.15, 0.2) is 28.7 Å². The highest BCUT2D eigenvalue weighted by Crippen LogP contribution is 2.21. The number of aliphatic carboxylic acids is 1. The largest absolute Gasteiger partial charge is 0.481 e. The molecular weight excluding hydrogens is 376 g/mol. The lowest BCUT2D eigenvalue weighted by molar-refractivity contribution is -0.138. The molecule has 0 saturated heterocycles. The quantitative estimate of drug-likeness (QED) is 0.685. The first-order chi connectivity index (χ1) is 11.0. The monoisotopic (exact) mass is 398 g/mol. The lowest BCUT2D eigenvalue weighted by Gasteiger charge is -2.24. The number of amides is 2. The zero-order valence-electron chi connectivity index (χ0n) is 14.2. The number of nitrogens with one attached hydrogen (secondary N) is 2. The van der Waals surface area contributed by atoms with Gasteiger partial charge in [0.25, 0.3) is 0 Å². The van der Waals surface area contributed by atoms with Crippen molar-refractivity contribution in [3.8, 4) is 0 Å². The number of benzene rings is 1. The molecule has 0 fully saturated rings. The maximum Gasteiger partial charge on any atom is 0.305 e. The summed E-state index contributed by atoms with van der Waals surface area (Å²) >= 11 is 3.33. The standard InChI is InChI=1S/C17H23BrN2O4/c1-10(19-16(24)17(2,3)4)15(23)20-13(9-14(21)22)11-6-5-7-12(18)8-11/h5-8,10,13H,9H2,1-4H3,(H,19,24)(H,20,23)(H,21,22). The first-order valence-corrected chi connectivity index (χ1v) is 8.38. The van der Waals surface area contributed by atoms with Gasteiger partial charge in [0.05, 0.1) is 12.5 Å². The Morgan fingerprint density at radius 3 is 2.33 bits per heavy atom. The highest BCUT2D eigenvalue weighted by atomic mass is 79.9. The second-order valence-electron chi connectivity index (χ2n) is 6.66. The Bertz CT molecular complexity index is 625. The highest BCUT2D eigenvalue weighted by molar-refractivity contribution is 9.10. The number of carbonyl (C=O) groups is 3. The Morgan fingerprint density at radius 2 is 1.83 bits per heavy atom. The molecule has 2 amide bonds. The fourth-order valence-electron chi connectivity index (χ4n) is 1.93. The second-order valence-corrected chi connectivity index (χ2v) is 7.57. The number of rotatable bonds is 6. The van der Waals surface area contributed by atoms with Gasteiger partial charge in [0.15, 0.2) is 0 Å². The van der Waals surface area contributed by atoms with Crippen molar-refractivity contribution >= 4 is 33.7 Å². The van der Waals surface area contributed by atoms with Gasteiger partial charge < -0.3 is 15.7 Å². The minimum atomic E-state index is -1.02. The fraction of sp³-hybridized carbons (Fsp3) is 0.471. The maximum atomic E-state index is 12.3. The number of halogens is 1. The topological polar surface area (TPSA) is 95.5 Å². The van der Waals surface area contributed by atoms with Gasteiger partial charge in [-0.1, -0.05) is 48.8 Å². The van der Waals surface area contributed by atoms with Crippen LogP contribution in [-0.2, 0) is 14.4 Å². The van der Waals surface area contributed by atoms with Crippen molar-refractivity contribution in [3.05, 3.63) is 34.3 Å². The van der Waals surface area contributed by atoms with Gasteiger partial charge >= 0.3 is 5.97 Å². The molecule has 0 saturated carbocycles. The number of carboxylic acid groups (broad SMARTS) is 1. The van der Waals surface area contributed by atoms with Crippen LogP contribution in [-0.4, -0.2) is 28.9 Å². The van der Waals surface area contributed by atoms with Gasteiger partial charge in [0.1, 0.15) is 6.04 Å². The van der Waals surface area contributed by atoms with Crippen molar-refractivity contribution in [1.29, 1.82) is 0 Å². The summed E-state index contributed by atoms with van der Waals surface area (Å²) in [7, 11) is 0. The summed E-state index contributed by atoms with van der Waals surface area (Å²) in [5.41, 5.74) is 0.0636. The van der Waals surface area contributed by atoms with Gasteiger partial charge in [0.2, 0.25) is 11.8 Å². The molecule has 0 aliphatic carbocycles. The van der Waals surface area contributed by atoms with Crippen LogP contribution in [0.3, 0.4) is 0 Å². The van der Waals surface area contributed by atoms with E-state index in [0.717, 1.165) is 4.47 Å². The van der Waals surface area contributed by atoms with E-state index in [4.69, 9.17) is 5.11 Å². The molecule has 0 spiro atoms. The van der Waals surface area contributed by atoms with Gasteiger partial charge in [-0.25, -0.2) is 0 Å². The van der Waals surface area contributed by atoms with E-state index in [1.54, 1.807) is 45.9 Å². The normalized spacial score (nSPS) is 13.7. The smallest absolute Gasteiger partial charge is 0.305 e. The van der Waals surface area contributed by atoms with Crippen LogP contribution in [0.5, 0.6) is 0 Å². The van der Waals surface area contributed by atoms with Gasteiger partial charge in [-0.2, -0.15) is 0 Å². The van der Waals surface area contributed by atoms with Gasteiger partial charge in [-0.05, 0) is 24.6 Å². The SMILES string of the molecule is CC(NC(=O)C(C)(C)C)C(=O)NC(CC(=O)O)c1cccc(Br)c1. The summed E-state index contributed by atoms with van der Waals surface area (Å²) in [5, 5.41) is 14.4. The molecule has 1 aromatic carbocycles.